The third-order valence-corrected chi connectivity index (χ3v) is 3.56. The molecule has 0 aliphatic heterocycles. The average Bonchev–Trinajstić information content (AvgIpc) is 2.40. The van der Waals surface area contributed by atoms with Crippen LogP contribution in [0, 0.1) is 13.8 Å². The molecule has 0 bridgehead atoms. The van der Waals surface area contributed by atoms with Gasteiger partial charge in [0.15, 0.2) is 0 Å². The largest absolute Gasteiger partial charge is 0.351 e. The number of hydrogen-bond acceptors (Lipinski definition) is 4. The van der Waals surface area contributed by atoms with Gasteiger partial charge in [0.1, 0.15) is 5.82 Å². The van der Waals surface area contributed by atoms with Crippen molar-refractivity contribution in [2.75, 3.05) is 17.2 Å². The first-order chi connectivity index (χ1) is 9.58. The van der Waals surface area contributed by atoms with E-state index in [0.29, 0.717) is 12.5 Å². The van der Waals surface area contributed by atoms with E-state index in [1.807, 2.05) is 25.1 Å². The van der Waals surface area contributed by atoms with Crippen molar-refractivity contribution in [3.8, 4) is 0 Å². The summed E-state index contributed by atoms with van der Waals surface area (Å²) in [4.78, 5) is 8.75. The highest BCUT2D eigenvalue weighted by Gasteiger charge is 2.03. The predicted molar refractivity (Wildman–Crippen MR) is 87.6 cm³/mol. The summed E-state index contributed by atoms with van der Waals surface area (Å²) < 4.78 is 1.07. The van der Waals surface area contributed by atoms with Gasteiger partial charge in [0.05, 0.1) is 0 Å². The summed E-state index contributed by atoms with van der Waals surface area (Å²) >= 11 is 3.53. The van der Waals surface area contributed by atoms with Crippen LogP contribution in [0.5, 0.6) is 0 Å². The minimum absolute atomic E-state index is 0.596. The van der Waals surface area contributed by atoms with Crippen molar-refractivity contribution in [1.82, 2.24) is 9.97 Å². The van der Waals surface area contributed by atoms with Crippen molar-refractivity contribution in [2.24, 2.45) is 0 Å². The Bertz CT molecular complexity index is 625. The molecule has 1 aromatic heterocycles. The van der Waals surface area contributed by atoms with E-state index in [0.717, 1.165) is 21.7 Å². The van der Waals surface area contributed by atoms with Crippen molar-refractivity contribution in [3.63, 3.8) is 0 Å². The molecule has 2 aromatic rings. The molecule has 0 spiro atoms. The number of nitrogens with one attached hydrogen (secondary N) is 2. The molecule has 0 saturated heterocycles. The third-order valence-electron chi connectivity index (χ3n) is 2.70. The molecule has 1 heterocycles. The molecule has 0 aliphatic rings. The number of benzene rings is 1. The van der Waals surface area contributed by atoms with Gasteiger partial charge in [-0.2, -0.15) is 4.98 Å². The lowest BCUT2D eigenvalue weighted by molar-refractivity contribution is 1.08. The number of nitrogens with zero attached hydrogens (tertiary/aromatic N) is 2. The number of halogens is 1. The van der Waals surface area contributed by atoms with E-state index in [2.05, 4.69) is 56.1 Å². The SMILES string of the molecule is C=CCNc1nc(C)cc(Nc2ccc(C)c(Br)c2)n1. The first-order valence-electron chi connectivity index (χ1n) is 6.32. The summed E-state index contributed by atoms with van der Waals surface area (Å²) in [6.45, 7) is 8.30. The second-order valence-electron chi connectivity index (χ2n) is 4.48. The Morgan fingerprint density at radius 3 is 2.75 bits per heavy atom. The second kappa shape index (κ2) is 6.52. The Balaban J connectivity index is 2.21. The number of hydrogen-bond donors (Lipinski definition) is 2. The first-order valence-corrected chi connectivity index (χ1v) is 7.11. The molecule has 2 rings (SSSR count). The normalized spacial score (nSPS) is 10.2. The molecule has 1 aromatic carbocycles. The van der Waals surface area contributed by atoms with E-state index in [4.69, 9.17) is 0 Å². The van der Waals surface area contributed by atoms with Gasteiger partial charge in [0, 0.05) is 28.5 Å². The van der Waals surface area contributed by atoms with Gasteiger partial charge in [0.2, 0.25) is 5.95 Å². The summed E-state index contributed by atoms with van der Waals surface area (Å²) in [5.74, 6) is 1.36. The summed E-state index contributed by atoms with van der Waals surface area (Å²) in [6.07, 6.45) is 1.77. The molecule has 0 fully saturated rings. The zero-order valence-corrected chi connectivity index (χ0v) is 13.2. The molecule has 0 atom stereocenters. The monoisotopic (exact) mass is 332 g/mol. The quantitative estimate of drug-likeness (QED) is 0.805. The van der Waals surface area contributed by atoms with Gasteiger partial charge >= 0.3 is 0 Å². The number of rotatable bonds is 5. The van der Waals surface area contributed by atoms with Gasteiger partial charge in [-0.05, 0) is 31.5 Å². The van der Waals surface area contributed by atoms with Crippen LogP contribution in [0.3, 0.4) is 0 Å². The minimum atomic E-state index is 0.596. The maximum atomic E-state index is 4.42. The molecular weight excluding hydrogens is 316 g/mol. The lowest BCUT2D eigenvalue weighted by Gasteiger charge is -2.10. The molecule has 20 heavy (non-hydrogen) atoms. The van der Waals surface area contributed by atoms with E-state index in [9.17, 15) is 0 Å². The highest BCUT2D eigenvalue weighted by molar-refractivity contribution is 9.10. The lowest BCUT2D eigenvalue weighted by Crippen LogP contribution is -2.05. The summed E-state index contributed by atoms with van der Waals surface area (Å²) in [6, 6.07) is 8.02. The minimum Gasteiger partial charge on any atom is -0.351 e. The van der Waals surface area contributed by atoms with Crippen LogP contribution < -0.4 is 10.6 Å². The Kier molecular flexibility index (Phi) is 4.74. The fraction of sp³-hybridized carbons (Fsp3) is 0.200. The topological polar surface area (TPSA) is 49.8 Å². The molecule has 104 valence electrons. The third kappa shape index (κ3) is 3.81. The lowest BCUT2D eigenvalue weighted by atomic mass is 10.2. The molecule has 5 heteroatoms. The van der Waals surface area contributed by atoms with Crippen LogP contribution in [0.15, 0.2) is 41.4 Å². The average molecular weight is 333 g/mol. The van der Waals surface area contributed by atoms with Crippen molar-refractivity contribution >= 4 is 33.4 Å². The predicted octanol–water partition coefficient (Wildman–Crippen LogP) is 4.20. The van der Waals surface area contributed by atoms with Crippen LogP contribution in [-0.4, -0.2) is 16.5 Å². The van der Waals surface area contributed by atoms with Crippen LogP contribution in [0.25, 0.3) is 0 Å². The van der Waals surface area contributed by atoms with E-state index in [1.54, 1.807) is 6.08 Å². The fourth-order valence-corrected chi connectivity index (χ4v) is 2.07. The zero-order valence-electron chi connectivity index (χ0n) is 11.6. The molecule has 4 nitrogen and oxygen atoms in total. The summed E-state index contributed by atoms with van der Waals surface area (Å²) in [5, 5.41) is 6.37. The highest BCUT2D eigenvalue weighted by atomic mass is 79.9. The molecule has 0 unspecified atom stereocenters. The van der Waals surface area contributed by atoms with E-state index in [-0.39, 0.29) is 0 Å². The standard InChI is InChI=1S/C15H17BrN4/c1-4-7-17-15-18-11(3)8-14(20-15)19-12-6-5-10(2)13(16)9-12/h4-6,8-9H,1,7H2,2-3H3,(H2,17,18,19,20). The van der Waals surface area contributed by atoms with Gasteiger partial charge < -0.3 is 10.6 Å². The van der Waals surface area contributed by atoms with Crippen molar-refractivity contribution in [1.29, 1.82) is 0 Å². The molecule has 2 N–H and O–H groups in total. The highest BCUT2D eigenvalue weighted by Crippen LogP contribution is 2.23. The van der Waals surface area contributed by atoms with Crippen molar-refractivity contribution in [3.05, 3.63) is 52.7 Å². The number of aromatic nitrogens is 2. The van der Waals surface area contributed by atoms with Crippen LogP contribution >= 0.6 is 15.9 Å². The second-order valence-corrected chi connectivity index (χ2v) is 5.33. The van der Waals surface area contributed by atoms with Gasteiger partial charge in [-0.15, -0.1) is 6.58 Å². The van der Waals surface area contributed by atoms with Crippen molar-refractivity contribution in [2.45, 2.75) is 13.8 Å². The van der Waals surface area contributed by atoms with Crippen molar-refractivity contribution < 1.29 is 0 Å². The summed E-state index contributed by atoms with van der Waals surface area (Å²) in [7, 11) is 0. The molecule has 0 radical (unpaired) electrons. The Hall–Kier alpha value is -1.88. The maximum absolute atomic E-state index is 4.42. The molecular formula is C15H17BrN4. The van der Waals surface area contributed by atoms with Gasteiger partial charge in [-0.3, -0.25) is 0 Å². The van der Waals surface area contributed by atoms with E-state index in [1.165, 1.54) is 5.56 Å². The van der Waals surface area contributed by atoms with Crippen LogP contribution in [-0.2, 0) is 0 Å². The number of anilines is 3. The van der Waals surface area contributed by atoms with Gasteiger partial charge in [-0.1, -0.05) is 28.1 Å². The van der Waals surface area contributed by atoms with E-state index >= 15 is 0 Å². The Morgan fingerprint density at radius 2 is 2.05 bits per heavy atom. The maximum Gasteiger partial charge on any atom is 0.225 e. The van der Waals surface area contributed by atoms with Gasteiger partial charge in [0.25, 0.3) is 0 Å². The van der Waals surface area contributed by atoms with Crippen LogP contribution in [0.2, 0.25) is 0 Å². The molecule has 0 amide bonds. The van der Waals surface area contributed by atoms with E-state index < -0.39 is 0 Å². The zero-order chi connectivity index (χ0) is 14.5. The smallest absolute Gasteiger partial charge is 0.225 e. The Labute approximate surface area is 127 Å². The van der Waals surface area contributed by atoms with Gasteiger partial charge in [-0.25, -0.2) is 4.98 Å². The molecule has 0 saturated carbocycles. The van der Waals surface area contributed by atoms with Crippen LogP contribution in [0.4, 0.5) is 17.5 Å². The molecule has 0 aliphatic carbocycles. The van der Waals surface area contributed by atoms with Crippen LogP contribution in [0.1, 0.15) is 11.3 Å². The first kappa shape index (κ1) is 14.5. The summed E-state index contributed by atoms with van der Waals surface area (Å²) in [5.41, 5.74) is 3.08. The Morgan fingerprint density at radius 1 is 1.25 bits per heavy atom. The number of aryl methyl sites for hydroxylation is 2. The fourth-order valence-electron chi connectivity index (χ4n) is 1.69.